The Hall–Kier alpha value is -1.00. The Bertz CT molecular complexity index is 535. The molecule has 0 aromatic heterocycles. The van der Waals surface area contributed by atoms with Crippen molar-refractivity contribution < 1.29 is 9.47 Å². The summed E-state index contributed by atoms with van der Waals surface area (Å²) in [5, 5.41) is 0. The minimum Gasteiger partial charge on any atom is -0.489 e. The van der Waals surface area contributed by atoms with Gasteiger partial charge in [0.25, 0.3) is 0 Å². The molecule has 0 aliphatic carbocycles. The molecule has 1 unspecified atom stereocenters. The summed E-state index contributed by atoms with van der Waals surface area (Å²) in [6.07, 6.45) is 0.949. The second kappa shape index (κ2) is 7.85. The third-order valence-corrected chi connectivity index (χ3v) is 4.30. The van der Waals surface area contributed by atoms with Crippen molar-refractivity contribution >= 4 is 31.9 Å². The highest BCUT2D eigenvalue weighted by Gasteiger charge is 2.13. The van der Waals surface area contributed by atoms with Crippen LogP contribution in [0.15, 0.2) is 57.5 Å². The maximum Gasteiger partial charge on any atom is 0.133 e. The number of hydrogen-bond acceptors (Lipinski definition) is 2. The summed E-state index contributed by atoms with van der Waals surface area (Å²) in [7, 11) is 0. The van der Waals surface area contributed by atoms with Gasteiger partial charge in [0.15, 0.2) is 0 Å². The third-order valence-electron chi connectivity index (χ3n) is 2.99. The summed E-state index contributed by atoms with van der Waals surface area (Å²) >= 11 is 6.98. The van der Waals surface area contributed by atoms with Gasteiger partial charge in [-0.15, -0.1) is 0 Å². The maximum atomic E-state index is 5.95. The van der Waals surface area contributed by atoms with Gasteiger partial charge < -0.3 is 9.47 Å². The fourth-order valence-electron chi connectivity index (χ4n) is 2.08. The van der Waals surface area contributed by atoms with Gasteiger partial charge in [-0.1, -0.05) is 24.3 Å². The quantitative estimate of drug-likeness (QED) is 0.592. The summed E-state index contributed by atoms with van der Waals surface area (Å²) < 4.78 is 13.8. The van der Waals surface area contributed by atoms with Gasteiger partial charge in [-0.05, 0) is 70.0 Å². The smallest absolute Gasteiger partial charge is 0.133 e. The molecule has 2 aromatic carbocycles. The van der Waals surface area contributed by atoms with Crippen molar-refractivity contribution in [3.05, 3.63) is 57.5 Å². The zero-order valence-electron chi connectivity index (χ0n) is 12.1. The van der Waals surface area contributed by atoms with Crippen molar-refractivity contribution in [1.29, 1.82) is 0 Å². The number of ether oxygens (including phenoxy) is 2. The molecule has 0 amide bonds. The summed E-state index contributed by atoms with van der Waals surface area (Å²) in [6, 6.07) is 15.7. The Labute approximate surface area is 142 Å². The van der Waals surface area contributed by atoms with Crippen molar-refractivity contribution in [3.8, 4) is 11.5 Å². The third kappa shape index (κ3) is 5.04. The predicted molar refractivity (Wildman–Crippen MR) is 93.1 cm³/mol. The van der Waals surface area contributed by atoms with E-state index >= 15 is 0 Å². The normalized spacial score (nSPS) is 13.5. The van der Waals surface area contributed by atoms with Crippen molar-refractivity contribution in [2.75, 3.05) is 0 Å². The van der Waals surface area contributed by atoms with Crippen molar-refractivity contribution in [3.63, 3.8) is 0 Å². The van der Waals surface area contributed by atoms with E-state index in [1.165, 1.54) is 0 Å². The van der Waals surface area contributed by atoms with E-state index in [0.29, 0.717) is 0 Å². The topological polar surface area (TPSA) is 18.5 Å². The van der Waals surface area contributed by atoms with Crippen LogP contribution in [0.4, 0.5) is 0 Å². The molecular weight excluding hydrogens is 396 g/mol. The van der Waals surface area contributed by atoms with Crippen LogP contribution >= 0.6 is 31.9 Å². The van der Waals surface area contributed by atoms with Gasteiger partial charge in [0, 0.05) is 6.42 Å². The minimum absolute atomic E-state index is 0.0705. The molecule has 0 heterocycles. The maximum absolute atomic E-state index is 5.95. The number of para-hydroxylation sites is 2. The fraction of sp³-hybridized carbons (Fsp3) is 0.294. The highest BCUT2D eigenvalue weighted by molar-refractivity contribution is 9.10. The van der Waals surface area contributed by atoms with E-state index < -0.39 is 0 Å². The first kappa shape index (κ1) is 16.4. The second-order valence-electron chi connectivity index (χ2n) is 4.95. The highest BCUT2D eigenvalue weighted by atomic mass is 79.9. The van der Waals surface area contributed by atoms with Crippen LogP contribution in [-0.4, -0.2) is 12.2 Å². The number of halogens is 2. The lowest BCUT2D eigenvalue weighted by Crippen LogP contribution is -2.23. The Morgan fingerprint density at radius 3 is 1.52 bits per heavy atom. The summed E-state index contributed by atoms with van der Waals surface area (Å²) in [5.74, 6) is 1.72. The van der Waals surface area contributed by atoms with E-state index in [1.54, 1.807) is 0 Å². The fourth-order valence-corrected chi connectivity index (χ4v) is 2.83. The van der Waals surface area contributed by atoms with E-state index in [9.17, 15) is 0 Å². The average Bonchev–Trinajstić information content (AvgIpc) is 2.44. The van der Waals surface area contributed by atoms with Crippen LogP contribution in [0.25, 0.3) is 0 Å². The van der Waals surface area contributed by atoms with Crippen LogP contribution in [0.2, 0.25) is 0 Å². The highest BCUT2D eigenvalue weighted by Crippen LogP contribution is 2.27. The van der Waals surface area contributed by atoms with Crippen LogP contribution in [0.1, 0.15) is 20.3 Å². The number of benzene rings is 2. The van der Waals surface area contributed by atoms with Gasteiger partial charge >= 0.3 is 0 Å². The summed E-state index contributed by atoms with van der Waals surface area (Å²) in [5.41, 5.74) is 0. The molecule has 21 heavy (non-hydrogen) atoms. The molecule has 0 N–H and O–H groups in total. The Balaban J connectivity index is 1.89. The van der Waals surface area contributed by atoms with Crippen LogP contribution in [0.5, 0.6) is 11.5 Å². The van der Waals surface area contributed by atoms with E-state index in [1.807, 2.05) is 48.5 Å². The predicted octanol–water partition coefficient (Wildman–Crippen LogP) is 5.84. The Kier molecular flexibility index (Phi) is 6.12. The van der Waals surface area contributed by atoms with Gasteiger partial charge in [-0.3, -0.25) is 0 Å². The van der Waals surface area contributed by atoms with Crippen LogP contribution in [0, 0.1) is 0 Å². The molecule has 0 radical (unpaired) electrons. The molecule has 2 atom stereocenters. The Morgan fingerprint density at radius 2 is 1.14 bits per heavy atom. The zero-order valence-corrected chi connectivity index (χ0v) is 15.2. The molecule has 0 saturated carbocycles. The van der Waals surface area contributed by atoms with E-state index in [2.05, 4.69) is 45.7 Å². The zero-order chi connectivity index (χ0) is 15.2. The lowest BCUT2D eigenvalue weighted by atomic mass is 10.2. The van der Waals surface area contributed by atoms with Crippen molar-refractivity contribution in [2.24, 2.45) is 0 Å². The monoisotopic (exact) mass is 412 g/mol. The van der Waals surface area contributed by atoms with Gasteiger partial charge in [0.05, 0.1) is 21.2 Å². The van der Waals surface area contributed by atoms with E-state index in [0.717, 1.165) is 26.9 Å². The molecule has 0 aliphatic rings. The molecular formula is C17H18Br2O2. The second-order valence-corrected chi connectivity index (χ2v) is 6.66. The number of rotatable bonds is 6. The molecule has 4 heteroatoms. The SMILES string of the molecule is CC(C[C@H](C)Oc1ccccc1Br)Oc1ccccc1Br. The van der Waals surface area contributed by atoms with Gasteiger partial charge in [-0.25, -0.2) is 0 Å². The van der Waals surface area contributed by atoms with Crippen molar-refractivity contribution in [2.45, 2.75) is 32.5 Å². The molecule has 0 bridgehead atoms. The molecule has 2 nitrogen and oxygen atoms in total. The molecule has 0 spiro atoms. The lowest BCUT2D eigenvalue weighted by Gasteiger charge is -2.21. The molecule has 0 aliphatic heterocycles. The largest absolute Gasteiger partial charge is 0.489 e. The van der Waals surface area contributed by atoms with Gasteiger partial charge in [0.1, 0.15) is 11.5 Å². The molecule has 0 saturated heterocycles. The van der Waals surface area contributed by atoms with Gasteiger partial charge in [0.2, 0.25) is 0 Å². The van der Waals surface area contributed by atoms with Crippen LogP contribution < -0.4 is 9.47 Å². The van der Waals surface area contributed by atoms with Crippen LogP contribution in [0.3, 0.4) is 0 Å². The molecule has 2 aromatic rings. The minimum atomic E-state index is 0.0705. The van der Waals surface area contributed by atoms with E-state index in [-0.39, 0.29) is 12.2 Å². The first-order valence-electron chi connectivity index (χ1n) is 6.88. The lowest BCUT2D eigenvalue weighted by molar-refractivity contribution is 0.130. The summed E-state index contributed by atoms with van der Waals surface area (Å²) in [6.45, 7) is 4.11. The number of hydrogen-bond donors (Lipinski definition) is 0. The first-order chi connectivity index (χ1) is 10.1. The van der Waals surface area contributed by atoms with Gasteiger partial charge in [-0.2, -0.15) is 0 Å². The van der Waals surface area contributed by atoms with Crippen molar-refractivity contribution in [1.82, 2.24) is 0 Å². The van der Waals surface area contributed by atoms with Crippen LogP contribution in [-0.2, 0) is 0 Å². The summed E-state index contributed by atoms with van der Waals surface area (Å²) in [4.78, 5) is 0. The Morgan fingerprint density at radius 1 is 0.762 bits per heavy atom. The molecule has 2 rings (SSSR count). The average molecular weight is 414 g/mol. The standard InChI is InChI=1S/C17H18Br2O2/c1-12(20-16-9-5-3-7-14(16)18)11-13(2)21-17-10-6-4-8-15(17)19/h3-10,12-13H,11H2,1-2H3/t12-,13?/m0/s1. The first-order valence-corrected chi connectivity index (χ1v) is 8.47. The molecule has 0 fully saturated rings. The molecule has 112 valence electrons. The van der Waals surface area contributed by atoms with E-state index in [4.69, 9.17) is 9.47 Å².